The maximum atomic E-state index is 12.2. The van der Waals surface area contributed by atoms with Crippen LogP contribution in [0.25, 0.3) is 10.8 Å². The minimum absolute atomic E-state index is 0.0908. The van der Waals surface area contributed by atoms with E-state index in [0.29, 0.717) is 0 Å². The molecule has 0 aliphatic heterocycles. The van der Waals surface area contributed by atoms with Gasteiger partial charge in [0.15, 0.2) is 0 Å². The van der Waals surface area contributed by atoms with E-state index in [9.17, 15) is 15.0 Å². The standard InChI is InChI=1S/C22H17ClN2O3/c1-14(26)6-7-15-8-9-17(19-5-3-2-4-18(15)19)13-24-25-22(28)16-10-11-21(27)20(23)12-16/h2-5,8-14,26-27H,1H3,(H,25,28). The van der Waals surface area contributed by atoms with Gasteiger partial charge in [-0.15, -0.1) is 0 Å². The fraction of sp³-hybridized carbons (Fsp3) is 0.0909. The van der Waals surface area contributed by atoms with E-state index in [1.54, 1.807) is 13.1 Å². The second kappa shape index (κ2) is 8.57. The lowest BCUT2D eigenvalue weighted by molar-refractivity contribution is 0.0955. The van der Waals surface area contributed by atoms with E-state index in [1.807, 2.05) is 36.4 Å². The van der Waals surface area contributed by atoms with Crippen LogP contribution in [0.5, 0.6) is 5.75 Å². The number of rotatable bonds is 3. The number of fused-ring (bicyclic) bond motifs is 1. The maximum Gasteiger partial charge on any atom is 0.271 e. The summed E-state index contributed by atoms with van der Waals surface area (Å²) in [4.78, 5) is 12.2. The highest BCUT2D eigenvalue weighted by Crippen LogP contribution is 2.24. The van der Waals surface area contributed by atoms with Crippen LogP contribution >= 0.6 is 11.6 Å². The number of halogens is 1. The first-order valence-electron chi connectivity index (χ1n) is 8.49. The highest BCUT2D eigenvalue weighted by atomic mass is 35.5. The molecular formula is C22H17ClN2O3. The van der Waals surface area contributed by atoms with E-state index in [4.69, 9.17) is 11.6 Å². The zero-order valence-electron chi connectivity index (χ0n) is 15.0. The Morgan fingerprint density at radius 3 is 2.64 bits per heavy atom. The summed E-state index contributed by atoms with van der Waals surface area (Å²) in [6.45, 7) is 1.61. The molecule has 0 bridgehead atoms. The number of amides is 1. The molecule has 6 heteroatoms. The van der Waals surface area contributed by atoms with Gasteiger partial charge in [0.1, 0.15) is 11.9 Å². The van der Waals surface area contributed by atoms with Crippen molar-refractivity contribution in [1.29, 1.82) is 0 Å². The maximum absolute atomic E-state index is 12.2. The smallest absolute Gasteiger partial charge is 0.271 e. The van der Waals surface area contributed by atoms with Crippen LogP contribution in [-0.4, -0.2) is 28.4 Å². The summed E-state index contributed by atoms with van der Waals surface area (Å²) < 4.78 is 0. The lowest BCUT2D eigenvalue weighted by atomic mass is 10.00. The molecule has 0 radical (unpaired) electrons. The van der Waals surface area contributed by atoms with Gasteiger partial charge in [-0.2, -0.15) is 5.10 Å². The first-order chi connectivity index (χ1) is 13.5. The molecule has 0 fully saturated rings. The average molecular weight is 393 g/mol. The normalized spacial score (nSPS) is 11.8. The molecule has 1 unspecified atom stereocenters. The predicted octanol–water partition coefficient (Wildman–Crippen LogP) is 3.70. The fourth-order valence-corrected chi connectivity index (χ4v) is 2.78. The Bertz CT molecular complexity index is 1130. The molecule has 0 aliphatic carbocycles. The number of phenolic OH excluding ortho intramolecular Hbond substituents is 1. The second-order valence-electron chi connectivity index (χ2n) is 6.06. The van der Waals surface area contributed by atoms with Crippen molar-refractivity contribution in [2.45, 2.75) is 13.0 Å². The van der Waals surface area contributed by atoms with Crippen molar-refractivity contribution in [2.24, 2.45) is 5.10 Å². The molecule has 5 nitrogen and oxygen atoms in total. The van der Waals surface area contributed by atoms with E-state index < -0.39 is 12.0 Å². The highest BCUT2D eigenvalue weighted by molar-refractivity contribution is 6.32. The van der Waals surface area contributed by atoms with Gasteiger partial charge in [0.25, 0.3) is 5.91 Å². The van der Waals surface area contributed by atoms with E-state index >= 15 is 0 Å². The molecule has 0 heterocycles. The molecule has 1 amide bonds. The zero-order valence-corrected chi connectivity index (χ0v) is 15.7. The van der Waals surface area contributed by atoms with Crippen molar-refractivity contribution in [3.8, 4) is 17.6 Å². The van der Waals surface area contributed by atoms with Crippen LogP contribution in [0.2, 0.25) is 5.02 Å². The monoisotopic (exact) mass is 392 g/mol. The van der Waals surface area contributed by atoms with Crippen molar-refractivity contribution in [1.82, 2.24) is 5.43 Å². The number of carbonyl (C=O) groups is 1. The molecular weight excluding hydrogens is 376 g/mol. The molecule has 3 rings (SSSR count). The minimum atomic E-state index is -0.705. The zero-order chi connectivity index (χ0) is 20.1. The molecule has 28 heavy (non-hydrogen) atoms. The summed E-state index contributed by atoms with van der Waals surface area (Å²) in [7, 11) is 0. The summed E-state index contributed by atoms with van der Waals surface area (Å²) in [5.41, 5.74) is 4.34. The topological polar surface area (TPSA) is 81.9 Å². The summed E-state index contributed by atoms with van der Waals surface area (Å²) in [6, 6.07) is 15.6. The highest BCUT2D eigenvalue weighted by Gasteiger charge is 2.08. The van der Waals surface area contributed by atoms with Gasteiger partial charge in [0.2, 0.25) is 0 Å². The second-order valence-corrected chi connectivity index (χ2v) is 6.47. The van der Waals surface area contributed by atoms with Gasteiger partial charge in [0.05, 0.1) is 11.2 Å². The quantitative estimate of drug-likeness (QED) is 0.361. The van der Waals surface area contributed by atoms with Gasteiger partial charge in [-0.05, 0) is 42.0 Å². The van der Waals surface area contributed by atoms with Gasteiger partial charge in [-0.1, -0.05) is 53.8 Å². The summed E-state index contributed by atoms with van der Waals surface area (Å²) in [6.07, 6.45) is 0.845. The first-order valence-corrected chi connectivity index (χ1v) is 8.87. The molecule has 140 valence electrons. The lowest BCUT2D eigenvalue weighted by Crippen LogP contribution is -2.17. The predicted molar refractivity (Wildman–Crippen MR) is 111 cm³/mol. The molecule has 3 N–H and O–H groups in total. The molecule has 3 aromatic rings. The largest absolute Gasteiger partial charge is 0.506 e. The number of aliphatic hydroxyl groups is 1. The Labute approximate surface area is 167 Å². The van der Waals surface area contributed by atoms with Crippen molar-refractivity contribution in [3.05, 3.63) is 76.3 Å². The third-order valence-corrected chi connectivity index (χ3v) is 4.26. The van der Waals surface area contributed by atoms with E-state index in [2.05, 4.69) is 22.4 Å². The number of hydrogen-bond acceptors (Lipinski definition) is 4. The number of hydrazone groups is 1. The Kier molecular flexibility index (Phi) is 5.95. The van der Waals surface area contributed by atoms with E-state index in [0.717, 1.165) is 21.9 Å². The summed E-state index contributed by atoms with van der Waals surface area (Å²) in [5.74, 6) is 5.18. The van der Waals surface area contributed by atoms with Crippen LogP contribution in [0.1, 0.15) is 28.4 Å². The van der Waals surface area contributed by atoms with Gasteiger partial charge in [0, 0.05) is 16.7 Å². The molecule has 0 spiro atoms. The van der Waals surface area contributed by atoms with E-state index in [-0.39, 0.29) is 16.3 Å². The van der Waals surface area contributed by atoms with Gasteiger partial charge < -0.3 is 10.2 Å². The van der Waals surface area contributed by atoms with Crippen molar-refractivity contribution >= 4 is 34.5 Å². The molecule has 0 aliphatic rings. The molecule has 0 saturated carbocycles. The van der Waals surface area contributed by atoms with Crippen molar-refractivity contribution in [3.63, 3.8) is 0 Å². The summed E-state index contributed by atoms with van der Waals surface area (Å²) in [5, 5.41) is 24.8. The third-order valence-electron chi connectivity index (χ3n) is 3.95. The number of carbonyl (C=O) groups excluding carboxylic acids is 1. The number of benzene rings is 3. The number of aliphatic hydroxyl groups excluding tert-OH is 1. The van der Waals surface area contributed by atoms with Gasteiger partial charge in [-0.25, -0.2) is 5.43 Å². The number of phenols is 1. The number of nitrogens with zero attached hydrogens (tertiary/aromatic N) is 1. The van der Waals surface area contributed by atoms with Crippen LogP contribution in [0, 0.1) is 11.8 Å². The van der Waals surface area contributed by atoms with Gasteiger partial charge in [-0.3, -0.25) is 4.79 Å². The molecule has 0 aromatic heterocycles. The SMILES string of the molecule is CC(O)C#Cc1ccc(C=NNC(=O)c2ccc(O)c(Cl)c2)c2ccccc12. The molecule has 1 atom stereocenters. The summed E-state index contributed by atoms with van der Waals surface area (Å²) >= 11 is 5.82. The Hall–Kier alpha value is -3.33. The number of nitrogens with one attached hydrogen (secondary N) is 1. The first kappa shape index (κ1) is 19.4. The van der Waals surface area contributed by atoms with E-state index in [1.165, 1.54) is 18.2 Å². The van der Waals surface area contributed by atoms with Gasteiger partial charge >= 0.3 is 0 Å². The lowest BCUT2D eigenvalue weighted by Gasteiger charge is -2.05. The third kappa shape index (κ3) is 4.49. The molecule has 0 saturated heterocycles. The minimum Gasteiger partial charge on any atom is -0.506 e. The molecule has 3 aromatic carbocycles. The Morgan fingerprint density at radius 2 is 1.93 bits per heavy atom. The fourth-order valence-electron chi connectivity index (χ4n) is 2.60. The van der Waals surface area contributed by atoms with Crippen molar-refractivity contribution < 1.29 is 15.0 Å². The Morgan fingerprint density at radius 1 is 1.18 bits per heavy atom. The average Bonchev–Trinajstić information content (AvgIpc) is 2.69. The van der Waals surface area contributed by atoms with Crippen LogP contribution in [0.15, 0.2) is 59.7 Å². The Balaban J connectivity index is 1.84. The van der Waals surface area contributed by atoms with Crippen LogP contribution in [0.4, 0.5) is 0 Å². The van der Waals surface area contributed by atoms with Crippen LogP contribution in [-0.2, 0) is 0 Å². The van der Waals surface area contributed by atoms with Crippen LogP contribution in [0.3, 0.4) is 0 Å². The van der Waals surface area contributed by atoms with Crippen molar-refractivity contribution in [2.75, 3.05) is 0 Å². The van der Waals surface area contributed by atoms with Crippen LogP contribution < -0.4 is 5.43 Å². The number of aromatic hydroxyl groups is 1. The number of hydrogen-bond donors (Lipinski definition) is 3.